The molecule has 1 heteroatoms. The Morgan fingerprint density at radius 2 is 1.85 bits per heavy atom. The van der Waals surface area contributed by atoms with Gasteiger partial charge in [-0.3, -0.25) is 4.79 Å². The van der Waals surface area contributed by atoms with E-state index in [0.717, 1.165) is 12.3 Å². The van der Waals surface area contributed by atoms with Gasteiger partial charge in [-0.1, -0.05) is 26.7 Å². The van der Waals surface area contributed by atoms with Crippen LogP contribution in [0, 0.1) is 17.8 Å². The second-order valence-corrected chi connectivity index (χ2v) is 4.65. The van der Waals surface area contributed by atoms with E-state index < -0.39 is 0 Å². The van der Waals surface area contributed by atoms with Crippen LogP contribution >= 0.6 is 0 Å². The zero-order valence-electron chi connectivity index (χ0n) is 9.18. The largest absolute Gasteiger partial charge is 0.300 e. The van der Waals surface area contributed by atoms with E-state index in [9.17, 15) is 4.79 Å². The lowest BCUT2D eigenvalue weighted by Crippen LogP contribution is -2.25. The molecule has 13 heavy (non-hydrogen) atoms. The minimum atomic E-state index is 0.354. The summed E-state index contributed by atoms with van der Waals surface area (Å²) in [6.45, 7) is 6.22. The lowest BCUT2D eigenvalue weighted by molar-refractivity contribution is -0.123. The number of hydrogen-bond acceptors (Lipinski definition) is 1. The van der Waals surface area contributed by atoms with E-state index in [0.29, 0.717) is 17.6 Å². The van der Waals surface area contributed by atoms with Crippen molar-refractivity contribution in [2.24, 2.45) is 17.8 Å². The number of carbonyl (C=O) groups is 1. The van der Waals surface area contributed by atoms with E-state index in [4.69, 9.17) is 0 Å². The third kappa shape index (κ3) is 2.82. The summed E-state index contributed by atoms with van der Waals surface area (Å²) in [6.07, 6.45) is 6.25. The van der Waals surface area contributed by atoms with Gasteiger partial charge in [0.25, 0.3) is 0 Å². The zero-order valence-corrected chi connectivity index (χ0v) is 9.18. The zero-order chi connectivity index (χ0) is 9.84. The normalized spacial score (nSPS) is 31.3. The highest BCUT2D eigenvalue weighted by Crippen LogP contribution is 2.34. The molecule has 0 saturated heterocycles. The molecule has 0 aromatic carbocycles. The minimum Gasteiger partial charge on any atom is -0.300 e. The number of Topliss-reactive ketones (excluding diaryl/α,β-unsaturated/α-hetero) is 1. The third-order valence-electron chi connectivity index (χ3n) is 3.59. The number of hydrogen-bond donors (Lipinski definition) is 0. The summed E-state index contributed by atoms with van der Waals surface area (Å²) >= 11 is 0. The van der Waals surface area contributed by atoms with E-state index in [-0.39, 0.29) is 0 Å². The highest BCUT2D eigenvalue weighted by atomic mass is 16.1. The Kier molecular flexibility index (Phi) is 3.95. The summed E-state index contributed by atoms with van der Waals surface area (Å²) in [5.74, 6) is 2.34. The summed E-state index contributed by atoms with van der Waals surface area (Å²) < 4.78 is 0. The van der Waals surface area contributed by atoms with Crippen LogP contribution in [0.2, 0.25) is 0 Å². The molecule has 0 aliphatic heterocycles. The van der Waals surface area contributed by atoms with Gasteiger partial charge in [0.15, 0.2) is 0 Å². The minimum absolute atomic E-state index is 0.354. The molecular weight excluding hydrogens is 160 g/mol. The van der Waals surface area contributed by atoms with Crippen LogP contribution in [0.25, 0.3) is 0 Å². The van der Waals surface area contributed by atoms with Crippen LogP contribution in [-0.2, 0) is 4.79 Å². The molecule has 1 unspecified atom stereocenters. The standard InChI is InChI=1S/C12H22O/c1-4-12(10(3)13)11-7-5-9(2)6-8-11/h9,11-12H,4-8H2,1-3H3. The van der Waals surface area contributed by atoms with E-state index in [1.807, 2.05) is 0 Å². The van der Waals surface area contributed by atoms with E-state index >= 15 is 0 Å². The molecule has 0 spiro atoms. The molecule has 0 amide bonds. The quantitative estimate of drug-likeness (QED) is 0.653. The highest BCUT2D eigenvalue weighted by Gasteiger charge is 2.27. The van der Waals surface area contributed by atoms with Crippen molar-refractivity contribution >= 4 is 5.78 Å². The Morgan fingerprint density at radius 1 is 1.31 bits per heavy atom. The van der Waals surface area contributed by atoms with Crippen LogP contribution in [0.4, 0.5) is 0 Å². The van der Waals surface area contributed by atoms with Crippen molar-refractivity contribution in [2.45, 2.75) is 52.9 Å². The monoisotopic (exact) mass is 182 g/mol. The maximum atomic E-state index is 11.4. The van der Waals surface area contributed by atoms with Crippen LogP contribution in [0.3, 0.4) is 0 Å². The van der Waals surface area contributed by atoms with Crippen molar-refractivity contribution in [3.05, 3.63) is 0 Å². The SMILES string of the molecule is CCC(C(C)=O)C1CCC(C)CC1. The molecule has 1 atom stereocenters. The third-order valence-corrected chi connectivity index (χ3v) is 3.59. The van der Waals surface area contributed by atoms with Gasteiger partial charge < -0.3 is 0 Å². The number of ketones is 1. The lowest BCUT2D eigenvalue weighted by atomic mass is 9.74. The summed E-state index contributed by atoms with van der Waals surface area (Å²) in [6, 6.07) is 0. The average molecular weight is 182 g/mol. The fourth-order valence-electron chi connectivity index (χ4n) is 2.64. The average Bonchev–Trinajstić information content (AvgIpc) is 2.09. The van der Waals surface area contributed by atoms with Gasteiger partial charge in [0.1, 0.15) is 5.78 Å². The van der Waals surface area contributed by atoms with Crippen LogP contribution in [0.1, 0.15) is 52.9 Å². The Morgan fingerprint density at radius 3 is 2.23 bits per heavy atom. The molecule has 0 radical (unpaired) electrons. The molecule has 1 fully saturated rings. The second-order valence-electron chi connectivity index (χ2n) is 4.65. The molecule has 1 rings (SSSR count). The van der Waals surface area contributed by atoms with Gasteiger partial charge in [-0.15, -0.1) is 0 Å². The smallest absolute Gasteiger partial charge is 0.133 e. The van der Waals surface area contributed by atoms with Gasteiger partial charge in [0.2, 0.25) is 0 Å². The van der Waals surface area contributed by atoms with Gasteiger partial charge in [0, 0.05) is 5.92 Å². The molecule has 76 valence electrons. The van der Waals surface area contributed by atoms with Gasteiger partial charge >= 0.3 is 0 Å². The lowest BCUT2D eigenvalue weighted by Gasteiger charge is -2.30. The first-order valence-electron chi connectivity index (χ1n) is 5.65. The Labute approximate surface area is 81.9 Å². The fraction of sp³-hybridized carbons (Fsp3) is 0.917. The molecule has 0 heterocycles. The van der Waals surface area contributed by atoms with Crippen molar-refractivity contribution in [1.29, 1.82) is 0 Å². The first kappa shape index (κ1) is 10.7. The van der Waals surface area contributed by atoms with Gasteiger partial charge in [-0.05, 0) is 38.0 Å². The first-order valence-corrected chi connectivity index (χ1v) is 5.65. The van der Waals surface area contributed by atoms with E-state index in [1.54, 1.807) is 6.92 Å². The molecule has 0 bridgehead atoms. The second kappa shape index (κ2) is 4.78. The summed E-state index contributed by atoms with van der Waals surface area (Å²) in [5.41, 5.74) is 0. The molecule has 1 aliphatic rings. The molecule has 0 aromatic rings. The molecule has 1 saturated carbocycles. The van der Waals surface area contributed by atoms with Crippen molar-refractivity contribution in [3.8, 4) is 0 Å². The maximum Gasteiger partial charge on any atom is 0.133 e. The first-order chi connectivity index (χ1) is 6.15. The summed E-state index contributed by atoms with van der Waals surface area (Å²) in [5, 5.41) is 0. The van der Waals surface area contributed by atoms with E-state index in [2.05, 4.69) is 13.8 Å². The van der Waals surface area contributed by atoms with E-state index in [1.165, 1.54) is 25.7 Å². The van der Waals surface area contributed by atoms with Crippen LogP contribution in [0.5, 0.6) is 0 Å². The van der Waals surface area contributed by atoms with Gasteiger partial charge in [-0.2, -0.15) is 0 Å². The number of carbonyl (C=O) groups excluding carboxylic acids is 1. The highest BCUT2D eigenvalue weighted by molar-refractivity contribution is 5.78. The molecule has 0 aromatic heterocycles. The molecular formula is C12H22O. The topological polar surface area (TPSA) is 17.1 Å². The van der Waals surface area contributed by atoms with Gasteiger partial charge in [0.05, 0.1) is 0 Å². The Balaban J connectivity index is 2.46. The van der Waals surface area contributed by atoms with Crippen molar-refractivity contribution in [1.82, 2.24) is 0 Å². The fourth-order valence-corrected chi connectivity index (χ4v) is 2.64. The predicted octanol–water partition coefficient (Wildman–Crippen LogP) is 3.43. The Hall–Kier alpha value is -0.330. The predicted molar refractivity (Wildman–Crippen MR) is 55.6 cm³/mol. The van der Waals surface area contributed by atoms with Gasteiger partial charge in [-0.25, -0.2) is 0 Å². The summed E-state index contributed by atoms with van der Waals surface area (Å²) in [7, 11) is 0. The molecule has 1 aliphatic carbocycles. The number of rotatable bonds is 3. The van der Waals surface area contributed by atoms with Crippen molar-refractivity contribution in [3.63, 3.8) is 0 Å². The molecule has 0 N–H and O–H groups in total. The summed E-state index contributed by atoms with van der Waals surface area (Å²) in [4.78, 5) is 11.4. The van der Waals surface area contributed by atoms with Crippen LogP contribution < -0.4 is 0 Å². The Bertz CT molecular complexity index is 166. The maximum absolute atomic E-state index is 11.4. The molecule has 1 nitrogen and oxygen atoms in total. The van der Waals surface area contributed by atoms with Crippen molar-refractivity contribution < 1.29 is 4.79 Å². The van der Waals surface area contributed by atoms with Crippen LogP contribution in [0.15, 0.2) is 0 Å². The van der Waals surface area contributed by atoms with Crippen LogP contribution in [-0.4, -0.2) is 5.78 Å². The van der Waals surface area contributed by atoms with Crippen molar-refractivity contribution in [2.75, 3.05) is 0 Å².